The fourth-order valence-corrected chi connectivity index (χ4v) is 10.7. The molecule has 1 atom stereocenters. The van der Waals surface area contributed by atoms with E-state index in [0.717, 1.165) is 11.4 Å². The molecule has 0 saturated carbocycles. The van der Waals surface area contributed by atoms with Crippen molar-refractivity contribution in [3.63, 3.8) is 0 Å². The highest BCUT2D eigenvalue weighted by Crippen LogP contribution is 2.70. The van der Waals surface area contributed by atoms with Crippen LogP contribution in [0.4, 0.5) is 17.1 Å². The van der Waals surface area contributed by atoms with Gasteiger partial charge in [0.2, 0.25) is 0 Å². The second-order valence-electron chi connectivity index (χ2n) is 14.0. The van der Waals surface area contributed by atoms with Gasteiger partial charge in [-0.15, -0.1) is 11.3 Å². The zero-order chi connectivity index (χ0) is 33.3. The third-order valence-electron chi connectivity index (χ3n) is 11.6. The Hall–Kier alpha value is -6.22. The molecule has 12 rings (SSSR count). The monoisotopic (exact) mass is 663 g/mol. The number of benzene rings is 8. The average Bonchev–Trinajstić information content (AvgIpc) is 3.90. The summed E-state index contributed by atoms with van der Waals surface area (Å²) in [7, 11) is 0. The quantitative estimate of drug-likeness (QED) is 0.181. The van der Waals surface area contributed by atoms with E-state index in [9.17, 15) is 0 Å². The highest BCUT2D eigenvalue weighted by atomic mass is 32.1. The lowest BCUT2D eigenvalue weighted by Gasteiger charge is -2.30. The fourth-order valence-electron chi connectivity index (χ4n) is 9.61. The lowest BCUT2D eigenvalue weighted by Crippen LogP contribution is -2.23. The molecule has 236 valence electrons. The highest BCUT2D eigenvalue weighted by molar-refractivity contribution is 7.25. The van der Waals surface area contributed by atoms with Gasteiger partial charge in [0.05, 0.1) is 5.41 Å². The highest BCUT2D eigenvalue weighted by Gasteiger charge is 2.57. The van der Waals surface area contributed by atoms with Gasteiger partial charge in [0.25, 0.3) is 0 Å². The minimum absolute atomic E-state index is 0.323. The van der Waals surface area contributed by atoms with Gasteiger partial charge in [0.15, 0.2) is 0 Å². The molecule has 0 fully saturated rings. The first-order valence-electron chi connectivity index (χ1n) is 17.7. The summed E-state index contributed by atoms with van der Waals surface area (Å²) in [4.78, 5) is 2.46. The van der Waals surface area contributed by atoms with Crippen molar-refractivity contribution >= 4 is 48.6 Å². The molecule has 0 amide bonds. The van der Waals surface area contributed by atoms with Gasteiger partial charge in [0.1, 0.15) is 0 Å². The van der Waals surface area contributed by atoms with Gasteiger partial charge >= 0.3 is 0 Å². The first-order chi connectivity index (χ1) is 25.3. The lowest BCUT2D eigenvalue weighted by molar-refractivity contribution is 0.818. The molecule has 8 aromatic carbocycles. The zero-order valence-electron chi connectivity index (χ0n) is 27.6. The van der Waals surface area contributed by atoms with Crippen molar-refractivity contribution in [2.24, 2.45) is 0 Å². The smallest absolute Gasteiger partial charge is 0.0738 e. The molecule has 9 aromatic rings. The molecule has 2 heteroatoms. The maximum Gasteiger partial charge on any atom is 0.0738 e. The minimum atomic E-state index is -0.323. The van der Waals surface area contributed by atoms with Crippen LogP contribution in [0.25, 0.3) is 64.7 Å². The summed E-state index contributed by atoms with van der Waals surface area (Å²) >= 11 is 1.87. The molecular weight excluding hydrogens is 635 g/mol. The zero-order valence-corrected chi connectivity index (χ0v) is 28.4. The standard InChI is InChI=1S/C49H29NS/c1-2-10-30(11-3-1)31-20-22-32(23-21-31)50(33-25-27-46-42(28-33)37-13-5-7-19-45(37)51-46)34-24-26-36-39-15-9-17-41-40-16-8-14-38-35-12-4-6-18-43(35)49(47(38)40,48(39)41)44(36)29-34/h1-29H. The van der Waals surface area contributed by atoms with Crippen LogP contribution in [0.5, 0.6) is 0 Å². The summed E-state index contributed by atoms with van der Waals surface area (Å²) in [5.74, 6) is 0. The molecule has 3 aliphatic carbocycles. The van der Waals surface area contributed by atoms with Crippen molar-refractivity contribution in [2.45, 2.75) is 5.41 Å². The van der Waals surface area contributed by atoms with Crippen LogP contribution in [-0.4, -0.2) is 0 Å². The van der Waals surface area contributed by atoms with Crippen LogP contribution in [0.15, 0.2) is 176 Å². The Balaban J connectivity index is 1.12. The van der Waals surface area contributed by atoms with E-state index in [1.165, 1.54) is 92.6 Å². The molecule has 0 bridgehead atoms. The molecule has 0 N–H and O–H groups in total. The van der Waals surface area contributed by atoms with Gasteiger partial charge in [-0.1, -0.05) is 127 Å². The summed E-state index contributed by atoms with van der Waals surface area (Å²) in [5, 5.41) is 2.61. The van der Waals surface area contributed by atoms with Crippen LogP contribution in [0, 0.1) is 0 Å². The van der Waals surface area contributed by atoms with Gasteiger partial charge in [-0.05, 0) is 115 Å². The van der Waals surface area contributed by atoms with Crippen LogP contribution in [-0.2, 0) is 5.41 Å². The summed E-state index contributed by atoms with van der Waals surface area (Å²) in [5.41, 5.74) is 19.4. The third-order valence-corrected chi connectivity index (χ3v) is 12.7. The summed E-state index contributed by atoms with van der Waals surface area (Å²) in [6, 6.07) is 65.7. The molecule has 1 heterocycles. The molecule has 0 aliphatic heterocycles. The van der Waals surface area contributed by atoms with E-state index in [1.807, 2.05) is 11.3 Å². The van der Waals surface area contributed by atoms with Crippen LogP contribution in [0.3, 0.4) is 0 Å². The molecule has 0 radical (unpaired) electrons. The van der Waals surface area contributed by atoms with E-state index in [1.54, 1.807) is 0 Å². The molecule has 1 nitrogen and oxygen atoms in total. The molecule has 1 spiro atoms. The SMILES string of the molecule is c1ccc(-c2ccc(N(c3ccc4c(c3)C35c6ccccc6-c6cccc(c63)-c3cccc-4c35)c3ccc4sc5ccccc5c4c3)cc2)cc1. The average molecular weight is 664 g/mol. The van der Waals surface area contributed by atoms with Crippen LogP contribution in [0.2, 0.25) is 0 Å². The number of thiophene rings is 1. The van der Waals surface area contributed by atoms with E-state index in [-0.39, 0.29) is 5.41 Å². The Morgan fingerprint density at radius 1 is 0.353 bits per heavy atom. The summed E-state index contributed by atoms with van der Waals surface area (Å²) in [6.45, 7) is 0. The van der Waals surface area contributed by atoms with Crippen LogP contribution < -0.4 is 4.90 Å². The first kappa shape index (κ1) is 27.6. The van der Waals surface area contributed by atoms with E-state index in [2.05, 4.69) is 181 Å². The second-order valence-corrected chi connectivity index (χ2v) is 15.1. The predicted molar refractivity (Wildman–Crippen MR) is 215 cm³/mol. The Bertz CT molecular complexity index is 2880. The van der Waals surface area contributed by atoms with Gasteiger partial charge in [-0.25, -0.2) is 0 Å². The molecule has 3 aliphatic rings. The van der Waals surface area contributed by atoms with Gasteiger partial charge in [-0.2, -0.15) is 0 Å². The normalized spacial score (nSPS) is 15.5. The Kier molecular flexibility index (Phi) is 5.38. The van der Waals surface area contributed by atoms with Gasteiger partial charge < -0.3 is 4.90 Å². The largest absolute Gasteiger partial charge is 0.310 e. The molecule has 51 heavy (non-hydrogen) atoms. The number of hydrogen-bond acceptors (Lipinski definition) is 2. The molecule has 0 saturated heterocycles. The summed E-state index contributed by atoms with van der Waals surface area (Å²) < 4.78 is 2.64. The lowest BCUT2D eigenvalue weighted by atomic mass is 9.73. The maximum atomic E-state index is 2.51. The maximum absolute atomic E-state index is 2.51. The molecular formula is C49H29NS. The number of anilines is 3. The van der Waals surface area contributed by atoms with Crippen molar-refractivity contribution in [2.75, 3.05) is 4.90 Å². The predicted octanol–water partition coefficient (Wildman–Crippen LogP) is 13.5. The number of hydrogen-bond donors (Lipinski definition) is 0. The topological polar surface area (TPSA) is 3.24 Å². The minimum Gasteiger partial charge on any atom is -0.310 e. The first-order valence-corrected chi connectivity index (χ1v) is 18.5. The number of nitrogens with zero attached hydrogens (tertiary/aromatic N) is 1. The van der Waals surface area contributed by atoms with Crippen molar-refractivity contribution in [3.05, 3.63) is 198 Å². The molecule has 1 unspecified atom stereocenters. The Morgan fingerprint density at radius 2 is 0.902 bits per heavy atom. The Labute approximate surface area is 300 Å². The van der Waals surface area contributed by atoms with Crippen LogP contribution >= 0.6 is 11.3 Å². The van der Waals surface area contributed by atoms with E-state index < -0.39 is 0 Å². The van der Waals surface area contributed by atoms with Crippen molar-refractivity contribution in [1.82, 2.24) is 0 Å². The van der Waals surface area contributed by atoms with E-state index in [4.69, 9.17) is 0 Å². The van der Waals surface area contributed by atoms with Crippen molar-refractivity contribution in [1.29, 1.82) is 0 Å². The Morgan fingerprint density at radius 3 is 1.69 bits per heavy atom. The fraction of sp³-hybridized carbons (Fsp3) is 0.0204. The van der Waals surface area contributed by atoms with E-state index in [0.29, 0.717) is 0 Å². The van der Waals surface area contributed by atoms with Crippen molar-refractivity contribution < 1.29 is 0 Å². The van der Waals surface area contributed by atoms with Crippen molar-refractivity contribution in [3.8, 4) is 44.5 Å². The molecule has 1 aromatic heterocycles. The van der Waals surface area contributed by atoms with Crippen LogP contribution in [0.1, 0.15) is 22.3 Å². The van der Waals surface area contributed by atoms with Gasteiger partial charge in [-0.3, -0.25) is 0 Å². The number of rotatable bonds is 4. The summed E-state index contributed by atoms with van der Waals surface area (Å²) in [6.07, 6.45) is 0. The third kappa shape index (κ3) is 3.50. The second kappa shape index (κ2) is 9.94. The number of fused-ring (bicyclic) bond motifs is 8. The van der Waals surface area contributed by atoms with E-state index >= 15 is 0 Å². The van der Waals surface area contributed by atoms with Gasteiger partial charge in [0, 0.05) is 37.2 Å².